The van der Waals surface area contributed by atoms with Gasteiger partial charge < -0.3 is 4.74 Å². The second-order valence-corrected chi connectivity index (χ2v) is 7.61. The summed E-state index contributed by atoms with van der Waals surface area (Å²) in [6.07, 6.45) is -4.41. The van der Waals surface area contributed by atoms with E-state index in [-0.39, 0.29) is 22.3 Å². The standard InChI is InChI=1S/C21H14Cl2F4N4O/c1-30-20(31(23)19(29-30)18-15(22)6-3-7-16(18)24)12-4-2-5-14(10-12)32-17-9-8-13(11-28-17)21(25,26)27/h2-11,20H,1H3. The maximum Gasteiger partial charge on any atom is 0.417 e. The number of hydrogen-bond donors (Lipinski definition) is 0. The molecule has 0 saturated carbocycles. The van der Waals surface area contributed by atoms with E-state index in [1.54, 1.807) is 31.3 Å². The van der Waals surface area contributed by atoms with Gasteiger partial charge in [-0.25, -0.2) is 13.8 Å². The predicted molar refractivity (Wildman–Crippen MR) is 112 cm³/mol. The highest BCUT2D eigenvalue weighted by molar-refractivity contribution is 6.36. The molecule has 0 bridgehead atoms. The minimum atomic E-state index is -4.48. The van der Waals surface area contributed by atoms with Gasteiger partial charge in [0.1, 0.15) is 11.6 Å². The maximum atomic E-state index is 14.4. The summed E-state index contributed by atoms with van der Waals surface area (Å²) in [4.78, 5) is 3.70. The number of ether oxygens (including phenoxy) is 1. The first kappa shape index (κ1) is 22.2. The Balaban J connectivity index is 1.57. The molecule has 1 atom stereocenters. The van der Waals surface area contributed by atoms with Gasteiger partial charge in [-0.1, -0.05) is 29.8 Å². The van der Waals surface area contributed by atoms with Crippen molar-refractivity contribution in [1.29, 1.82) is 0 Å². The Morgan fingerprint density at radius 2 is 1.81 bits per heavy atom. The van der Waals surface area contributed by atoms with E-state index in [0.29, 0.717) is 17.5 Å². The summed E-state index contributed by atoms with van der Waals surface area (Å²) in [6.45, 7) is 0. The molecule has 32 heavy (non-hydrogen) atoms. The van der Waals surface area contributed by atoms with Gasteiger partial charge in [0.25, 0.3) is 0 Å². The molecule has 0 saturated heterocycles. The van der Waals surface area contributed by atoms with E-state index >= 15 is 0 Å². The van der Waals surface area contributed by atoms with Crippen LogP contribution in [0.1, 0.15) is 22.9 Å². The van der Waals surface area contributed by atoms with Gasteiger partial charge in [0.15, 0.2) is 12.0 Å². The molecule has 1 aliphatic rings. The lowest BCUT2D eigenvalue weighted by molar-refractivity contribution is -0.137. The van der Waals surface area contributed by atoms with E-state index in [2.05, 4.69) is 10.1 Å². The predicted octanol–water partition coefficient (Wildman–Crippen LogP) is 6.45. The number of hydrazone groups is 1. The normalized spacial score (nSPS) is 16.3. The number of rotatable bonds is 4. The third-order valence-electron chi connectivity index (χ3n) is 4.65. The number of aromatic nitrogens is 1. The van der Waals surface area contributed by atoms with E-state index in [4.69, 9.17) is 28.1 Å². The second kappa shape index (κ2) is 8.48. The van der Waals surface area contributed by atoms with E-state index in [1.807, 2.05) is 0 Å². The first-order valence-corrected chi connectivity index (χ1v) is 9.88. The molecular weight excluding hydrogens is 471 g/mol. The molecule has 2 heterocycles. The van der Waals surface area contributed by atoms with Crippen LogP contribution < -0.4 is 4.74 Å². The van der Waals surface area contributed by atoms with Gasteiger partial charge >= 0.3 is 6.18 Å². The zero-order valence-electron chi connectivity index (χ0n) is 16.3. The number of nitrogens with zero attached hydrogens (tertiary/aromatic N) is 4. The van der Waals surface area contributed by atoms with Crippen molar-refractivity contribution in [2.75, 3.05) is 7.05 Å². The average Bonchev–Trinajstić information content (AvgIpc) is 3.01. The van der Waals surface area contributed by atoms with Gasteiger partial charge in [0, 0.05) is 36.7 Å². The van der Waals surface area contributed by atoms with E-state index in [9.17, 15) is 17.6 Å². The maximum absolute atomic E-state index is 14.4. The molecule has 0 fully saturated rings. The molecule has 1 aromatic heterocycles. The summed E-state index contributed by atoms with van der Waals surface area (Å²) in [6, 6.07) is 13.0. The Labute approximate surface area is 190 Å². The quantitative estimate of drug-likeness (QED) is 0.315. The summed E-state index contributed by atoms with van der Waals surface area (Å²) in [5.74, 6) is -0.113. The van der Waals surface area contributed by atoms with Crippen molar-refractivity contribution in [1.82, 2.24) is 14.4 Å². The number of amidine groups is 1. The van der Waals surface area contributed by atoms with Crippen molar-refractivity contribution in [3.8, 4) is 11.6 Å². The number of halogens is 6. The van der Waals surface area contributed by atoms with Crippen LogP contribution in [0.25, 0.3) is 0 Å². The van der Waals surface area contributed by atoms with Gasteiger partial charge in [0.05, 0.1) is 16.1 Å². The molecule has 0 amide bonds. The van der Waals surface area contributed by atoms with Gasteiger partial charge in [-0.3, -0.25) is 5.01 Å². The van der Waals surface area contributed by atoms with Crippen LogP contribution in [0.5, 0.6) is 11.6 Å². The molecule has 1 aliphatic heterocycles. The topological polar surface area (TPSA) is 41.0 Å². The minimum Gasteiger partial charge on any atom is -0.439 e. The van der Waals surface area contributed by atoms with Crippen molar-refractivity contribution in [3.05, 3.63) is 88.3 Å². The molecule has 11 heteroatoms. The molecule has 4 rings (SSSR count). The lowest BCUT2D eigenvalue weighted by Gasteiger charge is -2.25. The van der Waals surface area contributed by atoms with Crippen molar-refractivity contribution in [2.45, 2.75) is 12.3 Å². The Kier molecular flexibility index (Phi) is 5.87. The van der Waals surface area contributed by atoms with Crippen LogP contribution in [-0.2, 0) is 6.18 Å². The van der Waals surface area contributed by atoms with Crippen LogP contribution in [0.15, 0.2) is 65.9 Å². The second-order valence-electron chi connectivity index (χ2n) is 6.84. The van der Waals surface area contributed by atoms with Gasteiger partial charge in [-0.2, -0.15) is 18.3 Å². The Morgan fingerprint density at radius 3 is 2.47 bits per heavy atom. The molecule has 3 aromatic rings. The smallest absolute Gasteiger partial charge is 0.417 e. The fourth-order valence-corrected chi connectivity index (χ4v) is 3.80. The minimum absolute atomic E-state index is 0.00673. The highest BCUT2D eigenvalue weighted by Crippen LogP contribution is 2.37. The SMILES string of the molecule is CN1N=C(c2c(F)cccc2Cl)N(Cl)C1c1cccc(Oc2ccc(C(F)(F)F)cn2)c1. The summed E-state index contributed by atoms with van der Waals surface area (Å²) in [7, 11) is 1.66. The highest BCUT2D eigenvalue weighted by atomic mass is 35.5. The third kappa shape index (κ3) is 4.31. The average molecular weight is 485 g/mol. The molecule has 5 nitrogen and oxygen atoms in total. The Hall–Kier alpha value is -3.04. The van der Waals surface area contributed by atoms with Crippen LogP contribution in [0.3, 0.4) is 0 Å². The zero-order chi connectivity index (χ0) is 23.0. The number of benzene rings is 2. The fraction of sp³-hybridized carbons (Fsp3) is 0.143. The first-order valence-electron chi connectivity index (χ1n) is 9.17. The molecule has 0 aliphatic carbocycles. The summed E-state index contributed by atoms with van der Waals surface area (Å²) in [5.41, 5.74) is -0.168. The number of hydrogen-bond acceptors (Lipinski definition) is 5. The lowest BCUT2D eigenvalue weighted by atomic mass is 10.1. The van der Waals surface area contributed by atoms with Crippen molar-refractivity contribution < 1.29 is 22.3 Å². The lowest BCUT2D eigenvalue weighted by Crippen LogP contribution is -2.27. The molecule has 0 radical (unpaired) electrons. The third-order valence-corrected chi connectivity index (χ3v) is 5.31. The van der Waals surface area contributed by atoms with E-state index in [0.717, 1.165) is 12.1 Å². The monoisotopic (exact) mass is 484 g/mol. The Morgan fingerprint density at radius 1 is 1.06 bits per heavy atom. The van der Waals surface area contributed by atoms with Crippen molar-refractivity contribution >= 4 is 29.2 Å². The first-order chi connectivity index (χ1) is 15.1. The van der Waals surface area contributed by atoms with Gasteiger partial charge in [-0.05, 0) is 30.3 Å². The fourth-order valence-electron chi connectivity index (χ4n) is 3.19. The summed E-state index contributed by atoms with van der Waals surface area (Å²) >= 11 is 12.6. The van der Waals surface area contributed by atoms with Gasteiger partial charge in [0.2, 0.25) is 5.88 Å². The van der Waals surface area contributed by atoms with Crippen LogP contribution in [0.2, 0.25) is 5.02 Å². The van der Waals surface area contributed by atoms with Crippen LogP contribution in [-0.4, -0.2) is 27.3 Å². The summed E-state index contributed by atoms with van der Waals surface area (Å²) < 4.78 is 59.3. The van der Waals surface area contributed by atoms with Crippen LogP contribution in [0.4, 0.5) is 17.6 Å². The number of alkyl halides is 3. The molecular formula is C21H14Cl2F4N4O. The molecule has 0 spiro atoms. The highest BCUT2D eigenvalue weighted by Gasteiger charge is 2.36. The van der Waals surface area contributed by atoms with Crippen molar-refractivity contribution in [2.24, 2.45) is 5.10 Å². The number of pyridine rings is 1. The molecule has 1 unspecified atom stereocenters. The zero-order valence-corrected chi connectivity index (χ0v) is 17.8. The van der Waals surface area contributed by atoms with Crippen LogP contribution >= 0.6 is 23.4 Å². The largest absolute Gasteiger partial charge is 0.439 e. The molecule has 2 aromatic carbocycles. The van der Waals surface area contributed by atoms with E-state index in [1.165, 1.54) is 27.6 Å². The molecule has 166 valence electrons. The van der Waals surface area contributed by atoms with E-state index < -0.39 is 23.7 Å². The molecule has 0 N–H and O–H groups in total. The van der Waals surface area contributed by atoms with Crippen molar-refractivity contribution in [3.63, 3.8) is 0 Å². The Bertz CT molecular complexity index is 1150. The van der Waals surface area contributed by atoms with Crippen LogP contribution in [0, 0.1) is 5.82 Å². The summed E-state index contributed by atoms with van der Waals surface area (Å²) in [5, 5.41) is 6.01. The van der Waals surface area contributed by atoms with Gasteiger partial charge in [-0.15, -0.1) is 0 Å².